The maximum absolute atomic E-state index is 11.9. The number of nitrogens with zero attached hydrogens (tertiary/aromatic N) is 1. The van der Waals surface area contributed by atoms with Crippen molar-refractivity contribution in [2.45, 2.75) is 38.5 Å². The highest BCUT2D eigenvalue weighted by Gasteiger charge is 2.24. The summed E-state index contributed by atoms with van der Waals surface area (Å²) in [6.07, 6.45) is 5.77. The van der Waals surface area contributed by atoms with Gasteiger partial charge in [0.1, 0.15) is 0 Å². The predicted octanol–water partition coefficient (Wildman–Crippen LogP) is 2.05. The van der Waals surface area contributed by atoms with Gasteiger partial charge in [0.2, 0.25) is 11.8 Å². The van der Waals surface area contributed by atoms with Crippen LogP contribution in [-0.4, -0.2) is 25.4 Å². The summed E-state index contributed by atoms with van der Waals surface area (Å²) in [4.78, 5) is 25.3. The first kappa shape index (κ1) is 14.1. The molecule has 1 aliphatic heterocycles. The van der Waals surface area contributed by atoms with E-state index in [9.17, 15) is 9.59 Å². The molecule has 2 aliphatic rings. The first-order valence-electron chi connectivity index (χ1n) is 7.81. The van der Waals surface area contributed by atoms with Gasteiger partial charge in [0.05, 0.1) is 6.42 Å². The summed E-state index contributed by atoms with van der Waals surface area (Å²) >= 11 is 0. The van der Waals surface area contributed by atoms with Gasteiger partial charge in [-0.1, -0.05) is 25.0 Å². The normalized spacial score (nSPS) is 18.1. The van der Waals surface area contributed by atoms with E-state index in [-0.39, 0.29) is 17.7 Å². The Hall–Kier alpha value is -1.84. The average Bonchev–Trinajstić information content (AvgIpc) is 3.09. The van der Waals surface area contributed by atoms with Gasteiger partial charge in [-0.2, -0.15) is 0 Å². The van der Waals surface area contributed by atoms with Crippen LogP contribution in [-0.2, 0) is 22.4 Å². The summed E-state index contributed by atoms with van der Waals surface area (Å²) in [5.74, 6) is 0.594. The second-order valence-electron chi connectivity index (χ2n) is 6.12. The van der Waals surface area contributed by atoms with Gasteiger partial charge in [-0.05, 0) is 36.5 Å². The van der Waals surface area contributed by atoms with Gasteiger partial charge >= 0.3 is 0 Å². The highest BCUT2D eigenvalue weighted by molar-refractivity contribution is 6.00. The minimum absolute atomic E-state index is 0.150. The predicted molar refractivity (Wildman–Crippen MR) is 82.2 cm³/mol. The first-order valence-corrected chi connectivity index (χ1v) is 7.81. The number of likely N-dealkylation sites (N-methyl/N-ethyl adjacent to an activating group) is 1. The lowest BCUT2D eigenvalue weighted by Crippen LogP contribution is -2.30. The van der Waals surface area contributed by atoms with Crippen molar-refractivity contribution in [3.63, 3.8) is 0 Å². The van der Waals surface area contributed by atoms with Crippen LogP contribution >= 0.6 is 0 Å². The number of rotatable bonds is 4. The van der Waals surface area contributed by atoms with Crippen LogP contribution in [0.4, 0.5) is 5.69 Å². The zero-order valence-electron chi connectivity index (χ0n) is 12.5. The van der Waals surface area contributed by atoms with Crippen LogP contribution < -0.4 is 10.2 Å². The van der Waals surface area contributed by atoms with Crippen molar-refractivity contribution in [2.75, 3.05) is 18.5 Å². The van der Waals surface area contributed by atoms with E-state index in [4.69, 9.17) is 0 Å². The molecular weight excluding hydrogens is 264 g/mol. The molecule has 112 valence electrons. The Balaban J connectivity index is 1.53. The summed E-state index contributed by atoms with van der Waals surface area (Å²) < 4.78 is 0. The minimum Gasteiger partial charge on any atom is -0.356 e. The van der Waals surface area contributed by atoms with Crippen LogP contribution in [0.15, 0.2) is 18.2 Å². The second-order valence-corrected chi connectivity index (χ2v) is 6.12. The molecule has 2 amide bonds. The monoisotopic (exact) mass is 286 g/mol. The van der Waals surface area contributed by atoms with Crippen LogP contribution in [0.1, 0.15) is 36.8 Å². The number of anilines is 1. The van der Waals surface area contributed by atoms with E-state index in [2.05, 4.69) is 17.4 Å². The van der Waals surface area contributed by atoms with Gasteiger partial charge in [0, 0.05) is 25.2 Å². The van der Waals surface area contributed by atoms with Gasteiger partial charge in [0.15, 0.2) is 0 Å². The smallest absolute Gasteiger partial charge is 0.231 e. The molecule has 0 radical (unpaired) electrons. The maximum atomic E-state index is 11.9. The molecule has 0 aromatic heterocycles. The third kappa shape index (κ3) is 2.94. The Bertz CT molecular complexity index is 562. The third-order valence-electron chi connectivity index (χ3n) is 4.66. The Morgan fingerprint density at radius 1 is 1.33 bits per heavy atom. The zero-order chi connectivity index (χ0) is 14.8. The third-order valence-corrected chi connectivity index (χ3v) is 4.66. The van der Waals surface area contributed by atoms with Crippen molar-refractivity contribution in [2.24, 2.45) is 5.92 Å². The van der Waals surface area contributed by atoms with Gasteiger partial charge in [-0.15, -0.1) is 0 Å². The van der Waals surface area contributed by atoms with Crippen LogP contribution in [0.25, 0.3) is 0 Å². The summed E-state index contributed by atoms with van der Waals surface area (Å²) in [5.41, 5.74) is 3.30. The summed E-state index contributed by atoms with van der Waals surface area (Å²) in [6.45, 7) is 0.678. The quantitative estimate of drug-likeness (QED) is 0.921. The molecule has 0 unspecified atom stereocenters. The van der Waals surface area contributed by atoms with Crippen LogP contribution in [0.5, 0.6) is 0 Å². The van der Waals surface area contributed by atoms with Crippen molar-refractivity contribution in [1.82, 2.24) is 5.32 Å². The molecule has 1 N–H and O–H groups in total. The SMILES string of the molecule is CN1C(=O)Cc2cc(CCNC(=O)C3CCCC3)ccc21. The molecule has 4 nitrogen and oxygen atoms in total. The fraction of sp³-hybridized carbons (Fsp3) is 0.529. The number of amides is 2. The van der Waals surface area contributed by atoms with Crippen molar-refractivity contribution < 1.29 is 9.59 Å². The summed E-state index contributed by atoms with van der Waals surface area (Å²) in [5, 5.41) is 3.04. The highest BCUT2D eigenvalue weighted by Crippen LogP contribution is 2.28. The molecule has 1 aromatic carbocycles. The average molecular weight is 286 g/mol. The maximum Gasteiger partial charge on any atom is 0.231 e. The van der Waals surface area contributed by atoms with Crippen molar-refractivity contribution in [1.29, 1.82) is 0 Å². The molecule has 0 spiro atoms. The summed E-state index contributed by atoms with van der Waals surface area (Å²) in [7, 11) is 1.82. The Morgan fingerprint density at radius 3 is 2.86 bits per heavy atom. The second kappa shape index (κ2) is 5.88. The minimum atomic E-state index is 0.150. The molecule has 1 heterocycles. The van der Waals surface area contributed by atoms with Crippen LogP contribution in [0.3, 0.4) is 0 Å². The van der Waals surface area contributed by atoms with E-state index in [1.165, 1.54) is 18.4 Å². The molecule has 4 heteroatoms. The van der Waals surface area contributed by atoms with Crippen molar-refractivity contribution in [3.05, 3.63) is 29.3 Å². The first-order chi connectivity index (χ1) is 10.1. The number of hydrogen-bond donors (Lipinski definition) is 1. The molecule has 0 saturated heterocycles. The van der Waals surface area contributed by atoms with Gasteiger partial charge in [-0.25, -0.2) is 0 Å². The lowest BCUT2D eigenvalue weighted by Gasteiger charge is -2.12. The number of carbonyl (C=O) groups excluding carboxylic acids is 2. The molecule has 1 aromatic rings. The van der Waals surface area contributed by atoms with Gasteiger partial charge in [-0.3, -0.25) is 9.59 Å². The van der Waals surface area contributed by atoms with Crippen LogP contribution in [0, 0.1) is 5.92 Å². The van der Waals surface area contributed by atoms with Gasteiger partial charge in [0.25, 0.3) is 0 Å². The highest BCUT2D eigenvalue weighted by atomic mass is 16.2. The molecular formula is C17H22N2O2. The standard InChI is InChI=1S/C17H22N2O2/c1-19-15-7-6-12(10-14(15)11-16(19)20)8-9-18-17(21)13-4-2-3-5-13/h6-7,10,13H,2-5,8-9,11H2,1H3,(H,18,21). The number of fused-ring (bicyclic) bond motifs is 1. The lowest BCUT2D eigenvalue weighted by molar-refractivity contribution is -0.124. The number of hydrogen-bond acceptors (Lipinski definition) is 2. The van der Waals surface area contributed by atoms with E-state index in [1.54, 1.807) is 4.90 Å². The fourth-order valence-corrected chi connectivity index (χ4v) is 3.34. The van der Waals surface area contributed by atoms with E-state index >= 15 is 0 Å². The number of carbonyl (C=O) groups is 2. The van der Waals surface area contributed by atoms with E-state index in [1.807, 2.05) is 13.1 Å². The molecule has 21 heavy (non-hydrogen) atoms. The fourth-order valence-electron chi connectivity index (χ4n) is 3.34. The van der Waals surface area contributed by atoms with E-state index in [0.717, 1.165) is 30.5 Å². The molecule has 1 aliphatic carbocycles. The number of benzene rings is 1. The number of nitrogens with one attached hydrogen (secondary N) is 1. The van der Waals surface area contributed by atoms with Crippen molar-refractivity contribution in [3.8, 4) is 0 Å². The molecule has 1 saturated carbocycles. The van der Waals surface area contributed by atoms with E-state index in [0.29, 0.717) is 13.0 Å². The molecule has 1 fully saturated rings. The molecule has 3 rings (SSSR count). The largest absolute Gasteiger partial charge is 0.356 e. The van der Waals surface area contributed by atoms with E-state index < -0.39 is 0 Å². The molecule has 0 bridgehead atoms. The lowest BCUT2D eigenvalue weighted by atomic mass is 10.1. The topological polar surface area (TPSA) is 49.4 Å². The summed E-state index contributed by atoms with van der Waals surface area (Å²) in [6, 6.07) is 6.16. The zero-order valence-corrected chi connectivity index (χ0v) is 12.5. The molecule has 0 atom stereocenters. The van der Waals surface area contributed by atoms with Crippen LogP contribution in [0.2, 0.25) is 0 Å². The van der Waals surface area contributed by atoms with Gasteiger partial charge < -0.3 is 10.2 Å². The Labute approximate surface area is 125 Å². The Kier molecular flexibility index (Phi) is 3.95. The Morgan fingerprint density at radius 2 is 2.10 bits per heavy atom. The van der Waals surface area contributed by atoms with Crippen molar-refractivity contribution >= 4 is 17.5 Å².